The highest BCUT2D eigenvalue weighted by molar-refractivity contribution is 4.87. The lowest BCUT2D eigenvalue weighted by molar-refractivity contribution is 0.166. The Hall–Kier alpha value is -0.0800. The Labute approximate surface area is 101 Å². The highest BCUT2D eigenvalue weighted by Gasteiger charge is 2.31. The first-order valence-corrected chi connectivity index (χ1v) is 7.12. The minimum atomic E-state index is 0.775. The van der Waals surface area contributed by atoms with E-state index in [0.717, 1.165) is 23.9 Å². The largest absolute Gasteiger partial charge is 0.317 e. The number of nitrogens with zero attached hydrogens (tertiary/aromatic N) is 1. The highest BCUT2D eigenvalue weighted by atomic mass is 15.2. The third-order valence-corrected chi connectivity index (χ3v) is 4.66. The van der Waals surface area contributed by atoms with Crippen LogP contribution in [0.3, 0.4) is 0 Å². The van der Waals surface area contributed by atoms with Gasteiger partial charge in [-0.05, 0) is 45.1 Å². The van der Waals surface area contributed by atoms with Crippen molar-refractivity contribution in [2.45, 2.75) is 58.0 Å². The van der Waals surface area contributed by atoms with Gasteiger partial charge in [0.1, 0.15) is 0 Å². The fourth-order valence-corrected chi connectivity index (χ4v) is 3.75. The fraction of sp³-hybridized carbons (Fsp3) is 1.00. The van der Waals surface area contributed by atoms with Crippen LogP contribution in [0.15, 0.2) is 0 Å². The number of hydrogen-bond donors (Lipinski definition) is 1. The van der Waals surface area contributed by atoms with Crippen molar-refractivity contribution in [1.29, 1.82) is 0 Å². The zero-order valence-corrected chi connectivity index (χ0v) is 11.2. The van der Waals surface area contributed by atoms with E-state index in [0.29, 0.717) is 0 Å². The maximum atomic E-state index is 3.53. The highest BCUT2D eigenvalue weighted by Crippen LogP contribution is 2.29. The van der Waals surface area contributed by atoms with Crippen LogP contribution in [0, 0.1) is 11.8 Å². The molecular weight excluding hydrogens is 196 g/mol. The SMILES string of the molecule is CNC1CCCCC1CN1CC(C)CC1C. The molecule has 0 spiro atoms. The predicted octanol–water partition coefficient (Wildman–Crippen LogP) is 2.49. The molecule has 4 unspecified atom stereocenters. The predicted molar refractivity (Wildman–Crippen MR) is 69.6 cm³/mol. The van der Waals surface area contributed by atoms with Crippen molar-refractivity contribution in [3.05, 3.63) is 0 Å². The number of rotatable bonds is 3. The minimum absolute atomic E-state index is 0.775. The smallest absolute Gasteiger partial charge is 0.0104 e. The Morgan fingerprint density at radius 1 is 1.19 bits per heavy atom. The monoisotopic (exact) mass is 224 g/mol. The summed E-state index contributed by atoms with van der Waals surface area (Å²) in [6.07, 6.45) is 7.09. The zero-order valence-electron chi connectivity index (χ0n) is 11.2. The van der Waals surface area contributed by atoms with Gasteiger partial charge >= 0.3 is 0 Å². The summed E-state index contributed by atoms with van der Waals surface area (Å²) >= 11 is 0. The molecular formula is C14H28N2. The lowest BCUT2D eigenvalue weighted by atomic mass is 9.84. The van der Waals surface area contributed by atoms with Gasteiger partial charge in [-0.3, -0.25) is 0 Å². The Bertz CT molecular complexity index is 217. The number of hydrogen-bond acceptors (Lipinski definition) is 2. The van der Waals surface area contributed by atoms with Gasteiger partial charge in [0, 0.05) is 25.2 Å². The van der Waals surface area contributed by atoms with E-state index in [4.69, 9.17) is 0 Å². The van der Waals surface area contributed by atoms with Crippen molar-refractivity contribution in [2.75, 3.05) is 20.1 Å². The molecule has 2 fully saturated rings. The molecule has 1 saturated carbocycles. The van der Waals surface area contributed by atoms with Gasteiger partial charge in [-0.15, -0.1) is 0 Å². The zero-order chi connectivity index (χ0) is 11.5. The van der Waals surface area contributed by atoms with Crippen LogP contribution in [0.2, 0.25) is 0 Å². The molecule has 2 nitrogen and oxygen atoms in total. The van der Waals surface area contributed by atoms with E-state index in [1.165, 1.54) is 45.2 Å². The fourth-order valence-electron chi connectivity index (χ4n) is 3.75. The van der Waals surface area contributed by atoms with Gasteiger partial charge in [0.05, 0.1) is 0 Å². The van der Waals surface area contributed by atoms with Gasteiger partial charge in [0.15, 0.2) is 0 Å². The van der Waals surface area contributed by atoms with E-state index in [-0.39, 0.29) is 0 Å². The maximum Gasteiger partial charge on any atom is 0.0104 e. The maximum absolute atomic E-state index is 3.53. The molecule has 0 aromatic heterocycles. The molecule has 16 heavy (non-hydrogen) atoms. The van der Waals surface area contributed by atoms with E-state index in [9.17, 15) is 0 Å². The number of likely N-dealkylation sites (tertiary alicyclic amines) is 1. The van der Waals surface area contributed by atoms with Crippen molar-refractivity contribution in [1.82, 2.24) is 10.2 Å². The Balaban J connectivity index is 1.87. The summed E-state index contributed by atoms with van der Waals surface area (Å²) in [6.45, 7) is 7.46. The molecule has 1 heterocycles. The molecule has 94 valence electrons. The first-order valence-electron chi connectivity index (χ1n) is 7.12. The lowest BCUT2D eigenvalue weighted by Crippen LogP contribution is -2.43. The molecule has 0 amide bonds. The molecule has 2 heteroatoms. The van der Waals surface area contributed by atoms with Gasteiger partial charge in [-0.1, -0.05) is 19.8 Å². The first-order chi connectivity index (χ1) is 7.70. The van der Waals surface area contributed by atoms with Crippen molar-refractivity contribution >= 4 is 0 Å². The van der Waals surface area contributed by atoms with Crippen LogP contribution in [0.1, 0.15) is 46.0 Å². The second kappa shape index (κ2) is 5.50. The molecule has 0 aromatic carbocycles. The minimum Gasteiger partial charge on any atom is -0.317 e. The molecule has 0 aromatic rings. The van der Waals surface area contributed by atoms with Gasteiger partial charge in [-0.2, -0.15) is 0 Å². The molecule has 2 rings (SSSR count). The summed E-state index contributed by atoms with van der Waals surface area (Å²) in [5, 5.41) is 3.53. The summed E-state index contributed by atoms with van der Waals surface area (Å²) in [5.41, 5.74) is 0. The van der Waals surface area contributed by atoms with E-state index >= 15 is 0 Å². The van der Waals surface area contributed by atoms with Gasteiger partial charge in [0.25, 0.3) is 0 Å². The Morgan fingerprint density at radius 2 is 1.94 bits per heavy atom. The van der Waals surface area contributed by atoms with Crippen LogP contribution < -0.4 is 5.32 Å². The molecule has 1 aliphatic carbocycles. The molecule has 0 radical (unpaired) electrons. The van der Waals surface area contributed by atoms with Crippen LogP contribution in [-0.4, -0.2) is 37.1 Å². The second-order valence-electron chi connectivity index (χ2n) is 6.08. The van der Waals surface area contributed by atoms with Gasteiger partial charge < -0.3 is 10.2 Å². The van der Waals surface area contributed by atoms with Crippen LogP contribution in [0.4, 0.5) is 0 Å². The lowest BCUT2D eigenvalue weighted by Gasteiger charge is -2.35. The average molecular weight is 224 g/mol. The standard InChI is InChI=1S/C14H28N2/c1-11-8-12(2)16(9-11)10-13-6-4-5-7-14(13)15-3/h11-15H,4-10H2,1-3H3. The summed E-state index contributed by atoms with van der Waals surface area (Å²) in [5.74, 6) is 1.80. The quantitative estimate of drug-likeness (QED) is 0.792. The van der Waals surface area contributed by atoms with Gasteiger partial charge in [0.2, 0.25) is 0 Å². The van der Waals surface area contributed by atoms with Crippen LogP contribution in [0.25, 0.3) is 0 Å². The van der Waals surface area contributed by atoms with E-state index in [1.807, 2.05) is 0 Å². The van der Waals surface area contributed by atoms with Crippen molar-refractivity contribution < 1.29 is 0 Å². The third-order valence-electron chi connectivity index (χ3n) is 4.66. The Morgan fingerprint density at radius 3 is 2.56 bits per heavy atom. The molecule has 1 saturated heterocycles. The van der Waals surface area contributed by atoms with E-state index in [2.05, 4.69) is 31.1 Å². The van der Waals surface area contributed by atoms with Crippen molar-refractivity contribution in [2.24, 2.45) is 11.8 Å². The molecule has 2 aliphatic rings. The van der Waals surface area contributed by atoms with E-state index < -0.39 is 0 Å². The van der Waals surface area contributed by atoms with Gasteiger partial charge in [-0.25, -0.2) is 0 Å². The molecule has 1 aliphatic heterocycles. The number of nitrogens with one attached hydrogen (secondary N) is 1. The van der Waals surface area contributed by atoms with Crippen molar-refractivity contribution in [3.8, 4) is 0 Å². The molecule has 1 N–H and O–H groups in total. The summed E-state index contributed by atoms with van der Waals surface area (Å²) in [7, 11) is 2.14. The summed E-state index contributed by atoms with van der Waals surface area (Å²) in [6, 6.07) is 1.59. The second-order valence-corrected chi connectivity index (χ2v) is 6.08. The van der Waals surface area contributed by atoms with Crippen LogP contribution in [0.5, 0.6) is 0 Å². The van der Waals surface area contributed by atoms with Crippen molar-refractivity contribution in [3.63, 3.8) is 0 Å². The Kier molecular flexibility index (Phi) is 4.26. The summed E-state index contributed by atoms with van der Waals surface area (Å²) < 4.78 is 0. The summed E-state index contributed by atoms with van der Waals surface area (Å²) in [4.78, 5) is 2.73. The average Bonchev–Trinajstić information content (AvgIpc) is 2.58. The normalized spacial score (nSPS) is 41.4. The van der Waals surface area contributed by atoms with Crippen LogP contribution >= 0.6 is 0 Å². The first kappa shape index (κ1) is 12.4. The topological polar surface area (TPSA) is 15.3 Å². The third kappa shape index (κ3) is 2.78. The molecule has 4 atom stereocenters. The van der Waals surface area contributed by atoms with E-state index in [1.54, 1.807) is 0 Å². The van der Waals surface area contributed by atoms with Crippen LogP contribution in [-0.2, 0) is 0 Å². The molecule has 0 bridgehead atoms.